The smallest absolute Gasteiger partial charge is 0.126 e. The lowest BCUT2D eigenvalue weighted by atomic mass is 9.94. The molecule has 0 radical (unpaired) electrons. The van der Waals surface area contributed by atoms with E-state index >= 15 is 0 Å². The summed E-state index contributed by atoms with van der Waals surface area (Å²) in [6.07, 6.45) is 0.812. The largest absolute Gasteiger partial charge is 0.507 e. The van der Waals surface area contributed by atoms with Gasteiger partial charge in [-0.15, -0.1) is 0 Å². The zero-order valence-electron chi connectivity index (χ0n) is 12.1. The number of benzene rings is 3. The van der Waals surface area contributed by atoms with E-state index in [9.17, 15) is 5.11 Å². The zero-order valence-corrected chi connectivity index (χ0v) is 12.1. The van der Waals surface area contributed by atoms with E-state index in [1.54, 1.807) is 0 Å². The molecule has 0 saturated heterocycles. The van der Waals surface area contributed by atoms with E-state index in [0.717, 1.165) is 28.7 Å². The Morgan fingerprint density at radius 3 is 1.86 bits per heavy atom. The first-order valence-electron chi connectivity index (χ1n) is 7.26. The van der Waals surface area contributed by atoms with Gasteiger partial charge >= 0.3 is 0 Å². The Bertz CT molecular complexity index is 731. The van der Waals surface area contributed by atoms with Crippen LogP contribution in [0.1, 0.15) is 12.5 Å². The summed E-state index contributed by atoms with van der Waals surface area (Å²) in [5.74, 6) is 0.392. The summed E-state index contributed by atoms with van der Waals surface area (Å²) in [5.41, 5.74) is 5.24. The first-order chi connectivity index (χ1) is 10.3. The van der Waals surface area contributed by atoms with Gasteiger partial charge in [-0.1, -0.05) is 67.6 Å². The average molecular weight is 274 g/mol. The monoisotopic (exact) mass is 274 g/mol. The van der Waals surface area contributed by atoms with Crippen LogP contribution in [-0.2, 0) is 6.42 Å². The Balaban J connectivity index is 2.21. The molecule has 0 unspecified atom stereocenters. The third kappa shape index (κ3) is 2.68. The molecule has 1 N–H and O–H groups in total. The second-order valence-corrected chi connectivity index (χ2v) is 5.12. The van der Waals surface area contributed by atoms with Crippen molar-refractivity contribution < 1.29 is 5.11 Å². The minimum atomic E-state index is 0.392. The van der Waals surface area contributed by atoms with Crippen LogP contribution in [0, 0.1) is 0 Å². The topological polar surface area (TPSA) is 20.2 Å². The highest BCUT2D eigenvalue weighted by atomic mass is 16.3. The number of rotatable bonds is 3. The van der Waals surface area contributed by atoms with Gasteiger partial charge < -0.3 is 5.11 Å². The van der Waals surface area contributed by atoms with E-state index in [1.165, 1.54) is 5.56 Å². The molecule has 3 aromatic carbocycles. The Morgan fingerprint density at radius 1 is 0.714 bits per heavy atom. The summed E-state index contributed by atoms with van der Waals surface area (Å²) in [6, 6.07) is 24.5. The molecule has 0 heterocycles. The van der Waals surface area contributed by atoms with Crippen LogP contribution in [-0.4, -0.2) is 5.11 Å². The molecule has 0 amide bonds. The van der Waals surface area contributed by atoms with Crippen LogP contribution in [0.15, 0.2) is 72.8 Å². The van der Waals surface area contributed by atoms with Crippen molar-refractivity contribution in [2.45, 2.75) is 13.3 Å². The van der Waals surface area contributed by atoms with Crippen molar-refractivity contribution in [3.63, 3.8) is 0 Å². The molecule has 0 aromatic heterocycles. The van der Waals surface area contributed by atoms with Crippen molar-refractivity contribution in [1.29, 1.82) is 0 Å². The van der Waals surface area contributed by atoms with E-state index < -0.39 is 0 Å². The third-order valence-corrected chi connectivity index (χ3v) is 3.76. The Morgan fingerprint density at radius 2 is 1.29 bits per heavy atom. The maximum Gasteiger partial charge on any atom is 0.126 e. The average Bonchev–Trinajstić information content (AvgIpc) is 2.56. The van der Waals surface area contributed by atoms with Crippen molar-refractivity contribution in [3.05, 3.63) is 78.4 Å². The molecule has 0 aliphatic rings. The molecular formula is C20H18O. The molecule has 0 aliphatic heterocycles. The first kappa shape index (κ1) is 13.4. The number of aryl methyl sites for hydroxylation is 1. The van der Waals surface area contributed by atoms with E-state index in [1.807, 2.05) is 48.5 Å². The molecule has 104 valence electrons. The van der Waals surface area contributed by atoms with Crippen molar-refractivity contribution >= 4 is 0 Å². The molecule has 3 aromatic rings. The van der Waals surface area contributed by atoms with Crippen LogP contribution in [0.4, 0.5) is 0 Å². The van der Waals surface area contributed by atoms with Gasteiger partial charge in [-0.25, -0.2) is 0 Å². The lowest BCUT2D eigenvalue weighted by molar-refractivity contribution is 0.471. The number of phenols is 1. The van der Waals surface area contributed by atoms with E-state index in [-0.39, 0.29) is 0 Å². The molecular weight excluding hydrogens is 256 g/mol. The van der Waals surface area contributed by atoms with Crippen LogP contribution < -0.4 is 0 Å². The molecule has 0 bridgehead atoms. The third-order valence-electron chi connectivity index (χ3n) is 3.76. The van der Waals surface area contributed by atoms with E-state index in [0.29, 0.717) is 5.75 Å². The number of hydrogen-bond acceptors (Lipinski definition) is 1. The van der Waals surface area contributed by atoms with Gasteiger partial charge in [0.15, 0.2) is 0 Å². The van der Waals surface area contributed by atoms with Gasteiger partial charge in [-0.2, -0.15) is 0 Å². The fraction of sp³-hybridized carbons (Fsp3) is 0.100. The summed E-state index contributed by atoms with van der Waals surface area (Å²) < 4.78 is 0. The maximum atomic E-state index is 10.5. The fourth-order valence-electron chi connectivity index (χ4n) is 2.60. The van der Waals surface area contributed by atoms with Crippen molar-refractivity contribution in [1.82, 2.24) is 0 Å². The minimum Gasteiger partial charge on any atom is -0.507 e. The summed E-state index contributed by atoms with van der Waals surface area (Å²) in [5, 5.41) is 10.5. The Hall–Kier alpha value is -2.54. The van der Waals surface area contributed by atoms with Gasteiger partial charge in [-0.3, -0.25) is 0 Å². The molecule has 0 spiro atoms. The summed E-state index contributed by atoms with van der Waals surface area (Å²) in [4.78, 5) is 0. The van der Waals surface area contributed by atoms with Crippen LogP contribution >= 0.6 is 0 Å². The van der Waals surface area contributed by atoms with Crippen LogP contribution in [0.2, 0.25) is 0 Å². The normalized spacial score (nSPS) is 10.5. The van der Waals surface area contributed by atoms with Gasteiger partial charge in [0.1, 0.15) is 5.75 Å². The van der Waals surface area contributed by atoms with Gasteiger partial charge in [0.25, 0.3) is 0 Å². The highest BCUT2D eigenvalue weighted by molar-refractivity contribution is 5.79. The van der Waals surface area contributed by atoms with Crippen molar-refractivity contribution in [3.8, 4) is 28.0 Å². The van der Waals surface area contributed by atoms with E-state index in [2.05, 4.69) is 31.2 Å². The van der Waals surface area contributed by atoms with Gasteiger partial charge in [0.2, 0.25) is 0 Å². The van der Waals surface area contributed by atoms with E-state index in [4.69, 9.17) is 0 Å². The van der Waals surface area contributed by atoms with Crippen molar-refractivity contribution in [2.24, 2.45) is 0 Å². The first-order valence-corrected chi connectivity index (χ1v) is 7.26. The minimum absolute atomic E-state index is 0.392. The second-order valence-electron chi connectivity index (χ2n) is 5.12. The summed E-state index contributed by atoms with van der Waals surface area (Å²) >= 11 is 0. The van der Waals surface area contributed by atoms with Crippen LogP contribution in [0.25, 0.3) is 22.3 Å². The quantitative estimate of drug-likeness (QED) is 0.688. The number of hydrogen-bond donors (Lipinski definition) is 1. The predicted molar refractivity (Wildman–Crippen MR) is 88.4 cm³/mol. The van der Waals surface area contributed by atoms with Crippen LogP contribution in [0.5, 0.6) is 5.75 Å². The Kier molecular flexibility index (Phi) is 3.74. The SMILES string of the molecule is CCc1cc(-c2ccccc2)cc(-c2ccccc2)c1O. The predicted octanol–water partition coefficient (Wildman–Crippen LogP) is 5.29. The summed E-state index contributed by atoms with van der Waals surface area (Å²) in [6.45, 7) is 2.07. The maximum absolute atomic E-state index is 10.5. The molecule has 0 fully saturated rings. The molecule has 0 saturated carbocycles. The molecule has 0 aliphatic carbocycles. The van der Waals surface area contributed by atoms with Crippen LogP contribution in [0.3, 0.4) is 0 Å². The highest BCUT2D eigenvalue weighted by Crippen LogP contribution is 2.36. The zero-order chi connectivity index (χ0) is 14.7. The lowest BCUT2D eigenvalue weighted by Gasteiger charge is -2.13. The molecule has 21 heavy (non-hydrogen) atoms. The highest BCUT2D eigenvalue weighted by Gasteiger charge is 2.11. The molecule has 1 nitrogen and oxygen atoms in total. The standard InChI is InChI=1S/C20H18O/c1-2-15-13-18(16-9-5-3-6-10-16)14-19(20(15)21)17-11-7-4-8-12-17/h3-14,21H,2H2,1H3. The van der Waals surface area contributed by atoms with Gasteiger partial charge in [0, 0.05) is 5.56 Å². The van der Waals surface area contributed by atoms with Crippen molar-refractivity contribution in [2.75, 3.05) is 0 Å². The second kappa shape index (κ2) is 5.84. The lowest BCUT2D eigenvalue weighted by Crippen LogP contribution is -1.89. The Labute approximate surface area is 125 Å². The number of aromatic hydroxyl groups is 1. The van der Waals surface area contributed by atoms with Gasteiger partial charge in [0.05, 0.1) is 0 Å². The molecule has 0 atom stereocenters. The number of phenolic OH excluding ortho intramolecular Hbond substituents is 1. The fourth-order valence-corrected chi connectivity index (χ4v) is 2.60. The molecule has 1 heteroatoms. The van der Waals surface area contributed by atoms with Gasteiger partial charge in [-0.05, 0) is 40.8 Å². The summed E-state index contributed by atoms with van der Waals surface area (Å²) in [7, 11) is 0. The molecule has 3 rings (SSSR count).